The van der Waals surface area contributed by atoms with Gasteiger partial charge in [0.25, 0.3) is 0 Å². The molecule has 2 atom stereocenters. The quantitative estimate of drug-likeness (QED) is 0.432. The number of anilines is 2. The fourth-order valence-corrected chi connectivity index (χ4v) is 5.19. The fourth-order valence-electron chi connectivity index (χ4n) is 5.19. The summed E-state index contributed by atoms with van der Waals surface area (Å²) in [5.41, 5.74) is 7.64. The normalized spacial score (nSPS) is 21.7. The van der Waals surface area contributed by atoms with Crippen LogP contribution < -0.4 is 15.4 Å². The molecule has 0 unspecified atom stereocenters. The van der Waals surface area contributed by atoms with E-state index < -0.39 is 17.9 Å². The van der Waals surface area contributed by atoms with Crippen LogP contribution in [-0.2, 0) is 11.3 Å². The van der Waals surface area contributed by atoms with E-state index in [4.69, 9.17) is 20.2 Å². The van der Waals surface area contributed by atoms with Crippen molar-refractivity contribution in [2.45, 2.75) is 38.3 Å². The van der Waals surface area contributed by atoms with Gasteiger partial charge in [-0.05, 0) is 25.8 Å². The lowest BCUT2D eigenvalue weighted by Gasteiger charge is -2.39. The Labute approximate surface area is 206 Å². The minimum absolute atomic E-state index is 0.0409. The molecule has 2 saturated heterocycles. The molecule has 0 bridgehead atoms. The highest BCUT2D eigenvalue weighted by Crippen LogP contribution is 2.35. The van der Waals surface area contributed by atoms with Crippen molar-refractivity contribution in [2.75, 3.05) is 44.2 Å². The summed E-state index contributed by atoms with van der Waals surface area (Å²) < 4.78 is 41.6. The number of fused-ring (bicyclic) bond motifs is 3. The molecule has 0 radical (unpaired) electrons. The van der Waals surface area contributed by atoms with Gasteiger partial charge in [-0.3, -0.25) is 9.07 Å². The Morgan fingerprint density at radius 2 is 2.08 bits per heavy atom. The summed E-state index contributed by atoms with van der Waals surface area (Å²) in [7, 11) is 1.40. The van der Waals surface area contributed by atoms with E-state index in [9.17, 15) is 8.78 Å². The Morgan fingerprint density at radius 3 is 2.81 bits per heavy atom. The van der Waals surface area contributed by atoms with Crippen molar-refractivity contribution in [3.05, 3.63) is 36.2 Å². The van der Waals surface area contributed by atoms with Crippen molar-refractivity contribution < 1.29 is 18.3 Å². The number of nitrogens with zero attached hydrogens (tertiary/aromatic N) is 7. The van der Waals surface area contributed by atoms with E-state index in [1.54, 1.807) is 4.68 Å². The van der Waals surface area contributed by atoms with Crippen molar-refractivity contribution >= 4 is 28.2 Å². The largest absolute Gasteiger partial charge is 0.494 e. The molecule has 10 nitrogen and oxygen atoms in total. The van der Waals surface area contributed by atoms with Gasteiger partial charge in [0.1, 0.15) is 6.67 Å². The first-order valence-corrected chi connectivity index (χ1v) is 12.0. The van der Waals surface area contributed by atoms with Crippen molar-refractivity contribution in [1.29, 1.82) is 0 Å². The Morgan fingerprint density at radius 1 is 1.25 bits per heavy atom. The zero-order valence-corrected chi connectivity index (χ0v) is 20.2. The Hall–Kier alpha value is -3.54. The van der Waals surface area contributed by atoms with Crippen molar-refractivity contribution in [3.8, 4) is 5.75 Å². The van der Waals surface area contributed by atoms with E-state index >= 15 is 0 Å². The highest BCUT2D eigenvalue weighted by atomic mass is 19.1. The Kier molecular flexibility index (Phi) is 5.43. The number of hydrogen-bond donors (Lipinski definition) is 1. The second-order valence-electron chi connectivity index (χ2n) is 9.98. The first-order valence-electron chi connectivity index (χ1n) is 12.0. The molecule has 36 heavy (non-hydrogen) atoms. The van der Waals surface area contributed by atoms with Gasteiger partial charge in [0.15, 0.2) is 23.0 Å². The van der Waals surface area contributed by atoms with E-state index in [1.165, 1.54) is 23.8 Å². The zero-order valence-electron chi connectivity index (χ0n) is 20.2. The van der Waals surface area contributed by atoms with Crippen LogP contribution in [0.4, 0.5) is 20.4 Å². The average Bonchev–Trinajstić information content (AvgIpc) is 3.50. The van der Waals surface area contributed by atoms with Gasteiger partial charge in [0.2, 0.25) is 5.95 Å². The summed E-state index contributed by atoms with van der Waals surface area (Å²) in [6, 6.07) is 3.17. The first-order chi connectivity index (χ1) is 17.4. The van der Waals surface area contributed by atoms with Crippen LogP contribution in [0.1, 0.15) is 31.5 Å². The fraction of sp³-hybridized carbons (Fsp3) is 0.500. The third-order valence-electron chi connectivity index (χ3n) is 7.38. The van der Waals surface area contributed by atoms with Crippen LogP contribution in [0.5, 0.6) is 5.75 Å². The van der Waals surface area contributed by atoms with Gasteiger partial charge < -0.3 is 20.1 Å². The smallest absolute Gasteiger partial charge is 0.223 e. The standard InChI is InChI=1S/C24H28F2N8O2/c1-14-3-4-15(8-33(14)16-7-28-32(9-16)11-24(10-25)12-36-13-24)21-30-22-17-5-18(26)20(35-2)6-19(17)29-23(27)34(22)31-21/h5-7,9,14-15H,3-4,8,10-13H2,1-2H3,(H2,27,29)/t14-,15+/m1/s1. The molecule has 4 aromatic rings. The number of nitrogens with two attached hydrogens (primary N) is 1. The molecular weight excluding hydrogens is 470 g/mol. The van der Waals surface area contributed by atoms with Gasteiger partial charge in [0, 0.05) is 36.2 Å². The Bertz CT molecular complexity index is 1430. The van der Waals surface area contributed by atoms with E-state index in [0.717, 1.165) is 18.5 Å². The van der Waals surface area contributed by atoms with Crippen molar-refractivity contribution in [2.24, 2.45) is 5.41 Å². The number of alkyl halides is 1. The molecule has 2 aliphatic heterocycles. The second kappa shape index (κ2) is 8.54. The molecule has 6 rings (SSSR count). The number of hydrogen-bond acceptors (Lipinski definition) is 8. The number of nitrogen functional groups attached to an aromatic ring is 1. The molecule has 190 valence electrons. The lowest BCUT2D eigenvalue weighted by atomic mass is 9.88. The van der Waals surface area contributed by atoms with Crippen LogP contribution in [-0.4, -0.2) is 68.9 Å². The van der Waals surface area contributed by atoms with Crippen LogP contribution >= 0.6 is 0 Å². The average molecular weight is 499 g/mol. The molecule has 0 saturated carbocycles. The third-order valence-corrected chi connectivity index (χ3v) is 7.38. The molecule has 0 spiro atoms. The summed E-state index contributed by atoms with van der Waals surface area (Å²) in [6.45, 7) is 3.78. The molecule has 2 aliphatic rings. The molecule has 2 N–H and O–H groups in total. The van der Waals surface area contributed by atoms with E-state index in [2.05, 4.69) is 27.0 Å². The first kappa shape index (κ1) is 22.9. The maximum atomic E-state index is 14.5. The number of methoxy groups -OCH3 is 1. The maximum Gasteiger partial charge on any atom is 0.223 e. The summed E-state index contributed by atoms with van der Waals surface area (Å²) in [6.07, 6.45) is 5.64. The van der Waals surface area contributed by atoms with Crippen LogP contribution in [0.2, 0.25) is 0 Å². The predicted molar refractivity (Wildman–Crippen MR) is 129 cm³/mol. The molecule has 2 fully saturated rings. The SMILES string of the molecule is COc1cc2nc(N)n3nc([C@H]4CC[C@@H](C)N(c5cnn(CC6(CF)COC6)c5)C4)nc3c2cc1F. The molecule has 0 amide bonds. The highest BCUT2D eigenvalue weighted by molar-refractivity contribution is 5.93. The molecular formula is C24H28F2N8O2. The van der Waals surface area contributed by atoms with Gasteiger partial charge in [-0.2, -0.15) is 9.61 Å². The summed E-state index contributed by atoms with van der Waals surface area (Å²) >= 11 is 0. The van der Waals surface area contributed by atoms with Gasteiger partial charge in [-0.15, -0.1) is 5.10 Å². The molecule has 1 aromatic carbocycles. The van der Waals surface area contributed by atoms with Crippen LogP contribution in [0.3, 0.4) is 0 Å². The van der Waals surface area contributed by atoms with Crippen molar-refractivity contribution in [1.82, 2.24) is 29.4 Å². The minimum atomic E-state index is -0.499. The number of piperidine rings is 1. The maximum absolute atomic E-state index is 14.5. The summed E-state index contributed by atoms with van der Waals surface area (Å²) in [5.74, 6) is 0.451. The second-order valence-corrected chi connectivity index (χ2v) is 9.98. The number of ether oxygens (including phenoxy) is 2. The summed E-state index contributed by atoms with van der Waals surface area (Å²) in [4.78, 5) is 11.4. The van der Waals surface area contributed by atoms with E-state index in [0.29, 0.717) is 54.7 Å². The molecule has 0 aliphatic carbocycles. The van der Waals surface area contributed by atoms with E-state index in [-0.39, 0.29) is 17.6 Å². The van der Waals surface area contributed by atoms with Crippen LogP contribution in [0.25, 0.3) is 16.6 Å². The van der Waals surface area contributed by atoms with Crippen LogP contribution in [0.15, 0.2) is 24.5 Å². The topological polar surface area (TPSA) is 109 Å². The minimum Gasteiger partial charge on any atom is -0.494 e. The zero-order chi connectivity index (χ0) is 25.0. The number of aromatic nitrogens is 6. The lowest BCUT2D eigenvalue weighted by molar-refractivity contribution is -0.133. The monoisotopic (exact) mass is 498 g/mol. The molecule has 5 heterocycles. The molecule has 3 aromatic heterocycles. The molecule has 12 heteroatoms. The van der Waals surface area contributed by atoms with Crippen molar-refractivity contribution in [3.63, 3.8) is 0 Å². The van der Waals surface area contributed by atoms with Gasteiger partial charge in [-0.25, -0.2) is 14.4 Å². The highest BCUT2D eigenvalue weighted by Gasteiger charge is 2.40. The van der Waals surface area contributed by atoms with Gasteiger partial charge in [0.05, 0.1) is 49.7 Å². The number of rotatable bonds is 6. The van der Waals surface area contributed by atoms with Gasteiger partial charge >= 0.3 is 0 Å². The number of benzene rings is 1. The van der Waals surface area contributed by atoms with E-state index in [1.807, 2.05) is 12.4 Å². The third kappa shape index (κ3) is 3.71. The summed E-state index contributed by atoms with van der Waals surface area (Å²) in [5, 5.41) is 9.66. The lowest BCUT2D eigenvalue weighted by Crippen LogP contribution is -2.47. The van der Waals surface area contributed by atoms with Crippen LogP contribution in [0, 0.1) is 11.2 Å². The number of halogens is 2. The predicted octanol–water partition coefficient (Wildman–Crippen LogP) is 2.96. The Balaban J connectivity index is 1.29. The van der Waals surface area contributed by atoms with Gasteiger partial charge in [-0.1, -0.05) is 0 Å².